The molecule has 0 aromatic heterocycles. The molecule has 0 aliphatic heterocycles. The van der Waals surface area contributed by atoms with Crippen LogP contribution in [0.25, 0.3) is 0 Å². The average Bonchev–Trinajstić information content (AvgIpc) is 1.98. The number of amides is 1. The summed E-state index contributed by atoms with van der Waals surface area (Å²) in [5, 5.41) is 2.67. The Morgan fingerprint density at radius 1 is 1.43 bits per heavy atom. The van der Waals surface area contributed by atoms with E-state index >= 15 is 0 Å². The summed E-state index contributed by atoms with van der Waals surface area (Å²) in [5.74, 6) is 0.600. The molecular weight excluding hydrogens is 202 g/mol. The van der Waals surface area contributed by atoms with E-state index in [1.807, 2.05) is 6.92 Å². The van der Waals surface area contributed by atoms with Crippen molar-refractivity contribution in [3.8, 4) is 0 Å². The van der Waals surface area contributed by atoms with Crippen LogP contribution < -0.4 is 5.32 Å². The number of ether oxygens (including phenoxy) is 1. The summed E-state index contributed by atoms with van der Waals surface area (Å²) >= 11 is 0. The maximum atomic E-state index is 11.1. The van der Waals surface area contributed by atoms with Gasteiger partial charge in [0.2, 0.25) is 0 Å². The van der Waals surface area contributed by atoms with Gasteiger partial charge in [0.15, 0.2) is 0 Å². The normalized spacial score (nSPS) is 14.9. The number of alkyl carbamates (subject to hydrolysis) is 1. The van der Waals surface area contributed by atoms with Crippen LogP contribution in [0.3, 0.4) is 0 Å². The number of hydrogen-bond acceptors (Lipinski definition) is 3. The first-order valence-corrected chi connectivity index (χ1v) is 6.41. The van der Waals surface area contributed by atoms with Gasteiger partial charge in [-0.05, 0) is 27.2 Å². The summed E-state index contributed by atoms with van der Waals surface area (Å²) in [5.41, 5.74) is 0. The van der Waals surface area contributed by atoms with E-state index in [0.29, 0.717) is 12.2 Å². The van der Waals surface area contributed by atoms with Gasteiger partial charge in [-0.2, -0.15) is 0 Å². The van der Waals surface area contributed by atoms with Crippen molar-refractivity contribution in [1.29, 1.82) is 0 Å². The Labute approximate surface area is 87.9 Å². The summed E-state index contributed by atoms with van der Waals surface area (Å²) in [6.07, 6.45) is 1.84. The van der Waals surface area contributed by atoms with Gasteiger partial charge in [-0.3, -0.25) is 4.21 Å². The molecule has 1 N–H and O–H groups in total. The van der Waals surface area contributed by atoms with Crippen LogP contribution in [0, 0.1) is 0 Å². The minimum atomic E-state index is -0.804. The molecule has 0 aliphatic rings. The summed E-state index contributed by atoms with van der Waals surface area (Å²) < 4.78 is 15.7. The quantitative estimate of drug-likeness (QED) is 0.761. The van der Waals surface area contributed by atoms with Gasteiger partial charge in [0.05, 0.1) is 6.10 Å². The SMILES string of the molecule is CC(CCS(C)=O)NC(=O)OC(C)C. The van der Waals surface area contributed by atoms with Crippen LogP contribution in [-0.4, -0.2) is 34.5 Å². The zero-order chi connectivity index (χ0) is 11.1. The Hall–Kier alpha value is -0.580. The molecule has 2 atom stereocenters. The maximum Gasteiger partial charge on any atom is 0.407 e. The van der Waals surface area contributed by atoms with Crippen LogP contribution >= 0.6 is 0 Å². The van der Waals surface area contributed by atoms with E-state index in [0.717, 1.165) is 0 Å². The highest BCUT2D eigenvalue weighted by atomic mass is 32.2. The molecule has 0 spiro atoms. The van der Waals surface area contributed by atoms with E-state index in [-0.39, 0.29) is 12.1 Å². The van der Waals surface area contributed by atoms with Gasteiger partial charge in [0.1, 0.15) is 0 Å². The minimum Gasteiger partial charge on any atom is -0.447 e. The first kappa shape index (κ1) is 13.4. The molecule has 0 rings (SSSR count). The number of carbonyl (C=O) groups excluding carboxylic acids is 1. The van der Waals surface area contributed by atoms with Gasteiger partial charge < -0.3 is 10.1 Å². The molecule has 0 aromatic rings. The number of rotatable bonds is 5. The molecule has 0 bridgehead atoms. The van der Waals surface area contributed by atoms with E-state index in [4.69, 9.17) is 4.74 Å². The van der Waals surface area contributed by atoms with Gasteiger partial charge in [0.25, 0.3) is 0 Å². The lowest BCUT2D eigenvalue weighted by atomic mass is 10.3. The number of nitrogens with one attached hydrogen (secondary N) is 1. The van der Waals surface area contributed by atoms with E-state index in [9.17, 15) is 9.00 Å². The molecule has 0 saturated heterocycles. The van der Waals surface area contributed by atoms with Crippen LogP contribution in [0.4, 0.5) is 4.79 Å². The molecule has 14 heavy (non-hydrogen) atoms. The smallest absolute Gasteiger partial charge is 0.407 e. The molecule has 0 saturated carbocycles. The van der Waals surface area contributed by atoms with Crippen molar-refractivity contribution in [2.75, 3.05) is 12.0 Å². The van der Waals surface area contributed by atoms with Crippen LogP contribution in [0.5, 0.6) is 0 Å². The van der Waals surface area contributed by atoms with Crippen molar-refractivity contribution >= 4 is 16.9 Å². The zero-order valence-electron chi connectivity index (χ0n) is 9.20. The minimum absolute atomic E-state index is 0.00477. The molecule has 0 heterocycles. The molecule has 0 aromatic carbocycles. The first-order valence-electron chi connectivity index (χ1n) is 4.69. The second-order valence-corrected chi connectivity index (χ2v) is 5.12. The highest BCUT2D eigenvalue weighted by molar-refractivity contribution is 7.84. The largest absolute Gasteiger partial charge is 0.447 e. The van der Waals surface area contributed by atoms with E-state index < -0.39 is 16.9 Å². The Morgan fingerprint density at radius 2 is 2.00 bits per heavy atom. The summed E-state index contributed by atoms with van der Waals surface area (Å²) in [7, 11) is -0.804. The van der Waals surface area contributed by atoms with Crippen molar-refractivity contribution in [3.05, 3.63) is 0 Å². The molecule has 5 heteroatoms. The van der Waals surface area contributed by atoms with Crippen LogP contribution in [0.1, 0.15) is 27.2 Å². The highest BCUT2D eigenvalue weighted by Crippen LogP contribution is 1.95. The predicted octanol–water partition coefficient (Wildman–Crippen LogP) is 1.28. The Kier molecular flexibility index (Phi) is 6.53. The standard InChI is InChI=1S/C9H19NO3S/c1-7(2)13-9(11)10-8(3)5-6-14(4)12/h7-8H,5-6H2,1-4H3,(H,10,11). The van der Waals surface area contributed by atoms with Crippen molar-refractivity contribution < 1.29 is 13.7 Å². The Bertz CT molecular complexity index is 206. The lowest BCUT2D eigenvalue weighted by Crippen LogP contribution is -2.35. The third-order valence-electron chi connectivity index (χ3n) is 1.55. The molecule has 0 fully saturated rings. The maximum absolute atomic E-state index is 11.1. The van der Waals surface area contributed by atoms with Crippen molar-refractivity contribution in [1.82, 2.24) is 5.32 Å². The Balaban J connectivity index is 3.65. The van der Waals surface area contributed by atoms with Crippen LogP contribution in [-0.2, 0) is 15.5 Å². The fourth-order valence-corrected chi connectivity index (χ4v) is 1.55. The monoisotopic (exact) mass is 221 g/mol. The van der Waals surface area contributed by atoms with Gasteiger partial charge in [-0.25, -0.2) is 4.79 Å². The third-order valence-corrected chi connectivity index (χ3v) is 2.36. The van der Waals surface area contributed by atoms with Crippen molar-refractivity contribution in [3.63, 3.8) is 0 Å². The summed E-state index contributed by atoms with van der Waals surface area (Å²) in [6, 6.07) is 0.00477. The van der Waals surface area contributed by atoms with E-state index in [1.54, 1.807) is 20.1 Å². The van der Waals surface area contributed by atoms with Crippen LogP contribution in [0.15, 0.2) is 0 Å². The zero-order valence-corrected chi connectivity index (χ0v) is 10.0. The van der Waals surface area contributed by atoms with Crippen LogP contribution in [0.2, 0.25) is 0 Å². The summed E-state index contributed by atoms with van der Waals surface area (Å²) in [4.78, 5) is 11.1. The predicted molar refractivity (Wildman–Crippen MR) is 57.8 cm³/mol. The van der Waals surface area contributed by atoms with Crippen molar-refractivity contribution in [2.24, 2.45) is 0 Å². The molecular formula is C9H19NO3S. The topological polar surface area (TPSA) is 55.4 Å². The lowest BCUT2D eigenvalue weighted by Gasteiger charge is -2.14. The van der Waals surface area contributed by atoms with Crippen molar-refractivity contribution in [2.45, 2.75) is 39.3 Å². The molecule has 4 nitrogen and oxygen atoms in total. The van der Waals surface area contributed by atoms with Gasteiger partial charge in [-0.1, -0.05) is 0 Å². The fourth-order valence-electron chi connectivity index (χ4n) is 0.864. The van der Waals surface area contributed by atoms with E-state index in [2.05, 4.69) is 5.32 Å². The second kappa shape index (κ2) is 6.81. The molecule has 2 unspecified atom stereocenters. The molecule has 0 aliphatic carbocycles. The van der Waals surface area contributed by atoms with Gasteiger partial charge in [0, 0.05) is 28.9 Å². The molecule has 84 valence electrons. The lowest BCUT2D eigenvalue weighted by molar-refractivity contribution is 0.112. The average molecular weight is 221 g/mol. The molecule has 0 radical (unpaired) electrons. The van der Waals surface area contributed by atoms with Gasteiger partial charge in [-0.15, -0.1) is 0 Å². The highest BCUT2D eigenvalue weighted by Gasteiger charge is 2.09. The summed E-state index contributed by atoms with van der Waals surface area (Å²) in [6.45, 7) is 5.46. The molecule has 1 amide bonds. The Morgan fingerprint density at radius 3 is 2.43 bits per heavy atom. The first-order chi connectivity index (χ1) is 6.41. The number of hydrogen-bond donors (Lipinski definition) is 1. The fraction of sp³-hybridized carbons (Fsp3) is 0.889. The third kappa shape index (κ3) is 8.04. The second-order valence-electron chi connectivity index (χ2n) is 3.57. The van der Waals surface area contributed by atoms with Gasteiger partial charge >= 0.3 is 6.09 Å². The number of carbonyl (C=O) groups is 1. The van der Waals surface area contributed by atoms with E-state index in [1.165, 1.54) is 0 Å².